The van der Waals surface area contributed by atoms with Gasteiger partial charge in [0, 0.05) is 24.8 Å². The van der Waals surface area contributed by atoms with Gasteiger partial charge in [0.2, 0.25) is 5.91 Å². The summed E-state index contributed by atoms with van der Waals surface area (Å²) < 4.78 is 6.82. The second kappa shape index (κ2) is 8.98. The molecule has 0 saturated heterocycles. The molecule has 0 aliphatic heterocycles. The molecule has 2 aromatic rings. The molecule has 0 aliphatic rings. The number of likely N-dealkylation sites (N-methyl/N-ethyl adjacent to an activating group) is 1. The normalized spacial score (nSPS) is 10.9. The standard InChI is InChI=1S/C18H25N5O4S/c1-6-27-18(26)14-10(2)15(16(19)25)28-17(14)21-13(24)9-22(4)8-12-7-20-23(5)11(12)3/h7H,6,8-9H2,1-5H3,(H2,19,25)(H,21,24). The Kier molecular flexibility index (Phi) is 6.92. The zero-order valence-corrected chi connectivity index (χ0v) is 17.5. The van der Waals surface area contributed by atoms with E-state index < -0.39 is 11.9 Å². The Morgan fingerprint density at radius 3 is 2.57 bits per heavy atom. The number of thiophene rings is 1. The van der Waals surface area contributed by atoms with Gasteiger partial charge in [0.05, 0.1) is 29.8 Å². The highest BCUT2D eigenvalue weighted by Crippen LogP contribution is 2.33. The second-order valence-corrected chi connectivity index (χ2v) is 7.46. The molecule has 28 heavy (non-hydrogen) atoms. The molecule has 2 amide bonds. The van der Waals surface area contributed by atoms with Crippen molar-refractivity contribution in [3.63, 3.8) is 0 Å². The van der Waals surface area contributed by atoms with E-state index in [2.05, 4.69) is 10.4 Å². The molecule has 0 aliphatic carbocycles. The SMILES string of the molecule is CCOC(=O)c1c(NC(=O)CN(C)Cc2cnn(C)c2C)sc(C(N)=O)c1C. The van der Waals surface area contributed by atoms with Crippen LogP contribution in [0.3, 0.4) is 0 Å². The van der Waals surface area contributed by atoms with E-state index in [1.165, 1.54) is 0 Å². The molecule has 2 aromatic heterocycles. The van der Waals surface area contributed by atoms with Gasteiger partial charge in [-0.1, -0.05) is 0 Å². The Hall–Kier alpha value is -2.72. The van der Waals surface area contributed by atoms with Gasteiger partial charge in [-0.15, -0.1) is 11.3 Å². The van der Waals surface area contributed by atoms with Gasteiger partial charge < -0.3 is 15.8 Å². The molecule has 0 atom stereocenters. The van der Waals surface area contributed by atoms with Crippen LogP contribution in [0.1, 0.15) is 43.8 Å². The number of hydrogen-bond donors (Lipinski definition) is 2. The zero-order chi connectivity index (χ0) is 21.0. The number of esters is 1. The summed E-state index contributed by atoms with van der Waals surface area (Å²) in [6.45, 7) is 6.08. The van der Waals surface area contributed by atoms with E-state index in [4.69, 9.17) is 10.5 Å². The first-order valence-corrected chi connectivity index (χ1v) is 9.53. The lowest BCUT2D eigenvalue weighted by Crippen LogP contribution is -2.30. The second-order valence-electron chi connectivity index (χ2n) is 6.44. The van der Waals surface area contributed by atoms with Crippen LogP contribution in [0.15, 0.2) is 6.20 Å². The number of primary amides is 1. The van der Waals surface area contributed by atoms with Crippen LogP contribution in [0.25, 0.3) is 0 Å². The van der Waals surface area contributed by atoms with Gasteiger partial charge in [-0.3, -0.25) is 19.2 Å². The van der Waals surface area contributed by atoms with Crippen LogP contribution in [0, 0.1) is 13.8 Å². The number of anilines is 1. The van der Waals surface area contributed by atoms with Crippen LogP contribution in [0.2, 0.25) is 0 Å². The van der Waals surface area contributed by atoms with Gasteiger partial charge in [-0.25, -0.2) is 4.79 Å². The van der Waals surface area contributed by atoms with Crippen molar-refractivity contribution in [2.45, 2.75) is 27.3 Å². The van der Waals surface area contributed by atoms with Crippen LogP contribution >= 0.6 is 11.3 Å². The number of ether oxygens (including phenoxy) is 1. The Morgan fingerprint density at radius 1 is 1.36 bits per heavy atom. The number of rotatable bonds is 8. The number of nitrogens with zero attached hydrogens (tertiary/aromatic N) is 3. The Morgan fingerprint density at radius 2 is 2.04 bits per heavy atom. The minimum Gasteiger partial charge on any atom is -0.462 e. The highest BCUT2D eigenvalue weighted by molar-refractivity contribution is 7.18. The average Bonchev–Trinajstić information content (AvgIpc) is 3.09. The number of carbonyl (C=O) groups is 3. The Balaban J connectivity index is 2.14. The van der Waals surface area contributed by atoms with Gasteiger partial charge in [-0.05, 0) is 33.4 Å². The van der Waals surface area contributed by atoms with Gasteiger partial charge >= 0.3 is 5.97 Å². The lowest BCUT2D eigenvalue weighted by atomic mass is 10.1. The van der Waals surface area contributed by atoms with E-state index in [1.54, 1.807) is 24.7 Å². The number of aryl methyl sites for hydroxylation is 1. The minimum atomic E-state index is -0.655. The topological polar surface area (TPSA) is 120 Å². The van der Waals surface area contributed by atoms with Gasteiger partial charge in [-0.2, -0.15) is 5.10 Å². The fraction of sp³-hybridized carbons (Fsp3) is 0.444. The molecule has 0 bridgehead atoms. The first-order chi connectivity index (χ1) is 13.1. The molecule has 152 valence electrons. The predicted octanol–water partition coefficient (Wildman–Crippen LogP) is 1.44. The molecule has 0 spiro atoms. The molecule has 0 fully saturated rings. The number of hydrogen-bond acceptors (Lipinski definition) is 7. The van der Waals surface area contributed by atoms with Crippen LogP contribution in [-0.2, 0) is 23.1 Å². The summed E-state index contributed by atoms with van der Waals surface area (Å²) in [5, 5.41) is 7.16. The lowest BCUT2D eigenvalue weighted by Gasteiger charge is -2.16. The van der Waals surface area contributed by atoms with Crippen molar-refractivity contribution >= 4 is 34.1 Å². The smallest absolute Gasteiger partial charge is 0.341 e. The monoisotopic (exact) mass is 407 g/mol. The number of aromatic nitrogens is 2. The lowest BCUT2D eigenvalue weighted by molar-refractivity contribution is -0.117. The third-order valence-corrected chi connectivity index (χ3v) is 5.52. The van der Waals surface area contributed by atoms with Crippen LogP contribution in [0.4, 0.5) is 5.00 Å². The van der Waals surface area contributed by atoms with Crippen LogP contribution in [0.5, 0.6) is 0 Å². The van der Waals surface area contributed by atoms with E-state index in [9.17, 15) is 14.4 Å². The first-order valence-electron chi connectivity index (χ1n) is 8.71. The molecule has 2 heterocycles. The van der Waals surface area contributed by atoms with Crippen molar-refractivity contribution in [2.24, 2.45) is 12.8 Å². The summed E-state index contributed by atoms with van der Waals surface area (Å²) in [5.41, 5.74) is 8.00. The zero-order valence-electron chi connectivity index (χ0n) is 16.7. The van der Waals surface area contributed by atoms with E-state index in [-0.39, 0.29) is 34.5 Å². The molecule has 10 heteroatoms. The molecular weight excluding hydrogens is 382 g/mol. The molecule has 0 saturated carbocycles. The molecule has 2 rings (SSSR count). The fourth-order valence-electron chi connectivity index (χ4n) is 2.74. The van der Waals surface area contributed by atoms with E-state index in [0.29, 0.717) is 12.1 Å². The van der Waals surface area contributed by atoms with Crippen molar-refractivity contribution < 1.29 is 19.1 Å². The number of carbonyl (C=O) groups excluding carboxylic acids is 3. The van der Waals surface area contributed by atoms with E-state index in [1.807, 2.05) is 25.9 Å². The number of nitrogens with one attached hydrogen (secondary N) is 1. The molecule has 0 aromatic carbocycles. The molecule has 0 unspecified atom stereocenters. The summed E-state index contributed by atoms with van der Waals surface area (Å²) in [4.78, 5) is 38.4. The largest absolute Gasteiger partial charge is 0.462 e. The van der Waals surface area contributed by atoms with Gasteiger partial charge in [0.1, 0.15) is 5.00 Å². The Labute approximate surface area is 167 Å². The summed E-state index contributed by atoms with van der Waals surface area (Å²) in [6.07, 6.45) is 1.77. The van der Waals surface area contributed by atoms with E-state index >= 15 is 0 Å². The van der Waals surface area contributed by atoms with Crippen molar-refractivity contribution in [1.82, 2.24) is 14.7 Å². The van der Waals surface area contributed by atoms with E-state index in [0.717, 1.165) is 22.6 Å². The summed E-state index contributed by atoms with van der Waals surface area (Å²) in [7, 11) is 3.67. The predicted molar refractivity (Wildman–Crippen MR) is 106 cm³/mol. The van der Waals surface area contributed by atoms with Crippen molar-refractivity contribution in [3.8, 4) is 0 Å². The average molecular weight is 407 g/mol. The highest BCUT2D eigenvalue weighted by Gasteiger charge is 2.26. The maximum Gasteiger partial charge on any atom is 0.341 e. The Bertz CT molecular complexity index is 902. The third-order valence-electron chi connectivity index (χ3n) is 4.29. The van der Waals surface area contributed by atoms with Crippen molar-refractivity contribution in [2.75, 3.05) is 25.5 Å². The molecule has 3 N–H and O–H groups in total. The molecular formula is C18H25N5O4S. The van der Waals surface area contributed by atoms with Crippen LogP contribution < -0.4 is 11.1 Å². The fourth-order valence-corrected chi connectivity index (χ4v) is 3.81. The quantitative estimate of drug-likeness (QED) is 0.639. The van der Waals surface area contributed by atoms with Crippen LogP contribution in [-0.4, -0.2) is 52.7 Å². The van der Waals surface area contributed by atoms with Crippen molar-refractivity contribution in [1.29, 1.82) is 0 Å². The summed E-state index contributed by atoms with van der Waals surface area (Å²) in [6, 6.07) is 0. The van der Waals surface area contributed by atoms with Crippen molar-refractivity contribution in [3.05, 3.63) is 33.5 Å². The molecule has 9 nitrogen and oxygen atoms in total. The van der Waals surface area contributed by atoms with Gasteiger partial charge in [0.15, 0.2) is 0 Å². The minimum absolute atomic E-state index is 0.0967. The molecule has 0 radical (unpaired) electrons. The maximum absolute atomic E-state index is 12.5. The summed E-state index contributed by atoms with van der Waals surface area (Å²) in [5.74, 6) is -1.57. The third kappa shape index (κ3) is 4.76. The number of nitrogens with two attached hydrogens (primary N) is 1. The van der Waals surface area contributed by atoms with Gasteiger partial charge in [0.25, 0.3) is 5.91 Å². The first kappa shape index (κ1) is 21.6. The number of amides is 2. The highest BCUT2D eigenvalue weighted by atomic mass is 32.1. The summed E-state index contributed by atoms with van der Waals surface area (Å²) >= 11 is 0.974. The maximum atomic E-state index is 12.5.